The molecule has 29 heavy (non-hydrogen) atoms. The number of alkyl halides is 2. The van der Waals surface area contributed by atoms with Crippen LogP contribution < -0.4 is 9.47 Å². The highest BCUT2D eigenvalue weighted by Crippen LogP contribution is 2.33. The fourth-order valence-corrected chi connectivity index (χ4v) is 3.87. The number of pyridine rings is 1. The number of hydrogen-bond donors (Lipinski definition) is 0. The third-order valence-corrected chi connectivity index (χ3v) is 5.40. The number of hydrogen-bond acceptors (Lipinski definition) is 7. The molecule has 2 aromatic heterocycles. The molecular weight excluding hydrogens is 409 g/mol. The van der Waals surface area contributed by atoms with Crippen molar-refractivity contribution in [1.82, 2.24) is 9.97 Å². The molecule has 2 heterocycles. The lowest BCUT2D eigenvalue weighted by molar-refractivity contribution is -0.119. The number of ketones is 1. The smallest absolute Gasteiger partial charge is 0.276 e. The zero-order chi connectivity index (χ0) is 21.0. The SMILES string of the molecule is CC(=O)C[C@@H](C)COC1CC(COc2nc3sc(OCC(F)F)nc3cc2F)C1. The molecule has 0 radical (unpaired) electrons. The highest BCUT2D eigenvalue weighted by molar-refractivity contribution is 7.19. The number of nitrogens with zero attached hydrogens (tertiary/aromatic N) is 2. The van der Waals surface area contributed by atoms with Crippen molar-refractivity contribution in [3.8, 4) is 11.1 Å². The third-order valence-electron chi connectivity index (χ3n) is 4.52. The van der Waals surface area contributed by atoms with Crippen LogP contribution in [0.1, 0.15) is 33.1 Å². The molecule has 1 aliphatic rings. The van der Waals surface area contributed by atoms with Crippen molar-refractivity contribution >= 4 is 27.5 Å². The molecule has 1 fully saturated rings. The summed E-state index contributed by atoms with van der Waals surface area (Å²) in [6.45, 7) is 3.64. The monoisotopic (exact) mass is 432 g/mol. The van der Waals surface area contributed by atoms with Crippen molar-refractivity contribution in [2.45, 2.75) is 45.6 Å². The Labute approximate surface area is 170 Å². The maximum absolute atomic E-state index is 14.2. The summed E-state index contributed by atoms with van der Waals surface area (Å²) in [6, 6.07) is 1.16. The Hall–Kier alpha value is -1.94. The first kappa shape index (κ1) is 21.8. The topological polar surface area (TPSA) is 70.5 Å². The summed E-state index contributed by atoms with van der Waals surface area (Å²) in [5, 5.41) is 0.0161. The normalized spacial score (nSPS) is 19.9. The highest BCUT2D eigenvalue weighted by Gasteiger charge is 2.31. The van der Waals surface area contributed by atoms with Crippen molar-refractivity contribution in [2.24, 2.45) is 11.8 Å². The number of rotatable bonds is 11. The Morgan fingerprint density at radius 2 is 2.03 bits per heavy atom. The van der Waals surface area contributed by atoms with Gasteiger partial charge < -0.3 is 19.0 Å². The minimum absolute atomic E-state index is 0.0161. The van der Waals surface area contributed by atoms with Crippen LogP contribution in [0, 0.1) is 17.7 Å². The fourth-order valence-electron chi connectivity index (χ4n) is 3.10. The van der Waals surface area contributed by atoms with E-state index in [1.54, 1.807) is 6.92 Å². The standard InChI is InChI=1S/C19H23F3N2O4S/c1-10(3-11(2)25)7-26-13-4-12(5-13)8-27-17-14(20)6-15-18(24-17)29-19(23-15)28-9-16(21)22/h6,10,12-13,16H,3-5,7-9H2,1-2H3/t10-,12?,13?/m1/s1. The molecule has 0 amide bonds. The van der Waals surface area contributed by atoms with Crippen LogP contribution in [-0.4, -0.2) is 48.1 Å². The molecule has 0 aromatic carbocycles. The number of carbonyl (C=O) groups is 1. The zero-order valence-corrected chi connectivity index (χ0v) is 17.0. The predicted octanol–water partition coefficient (Wildman–Crippen LogP) is 4.26. The Bertz CT molecular complexity index is 842. The second-order valence-corrected chi connectivity index (χ2v) is 8.34. The maximum atomic E-state index is 14.2. The fraction of sp³-hybridized carbons (Fsp3) is 0.632. The second-order valence-electron chi connectivity index (χ2n) is 7.40. The molecule has 10 heteroatoms. The van der Waals surface area contributed by atoms with Gasteiger partial charge in [-0.15, -0.1) is 0 Å². The van der Waals surface area contributed by atoms with Gasteiger partial charge in [-0.05, 0) is 31.6 Å². The summed E-state index contributed by atoms with van der Waals surface area (Å²) in [5.74, 6) is -0.205. The van der Waals surface area contributed by atoms with E-state index in [0.29, 0.717) is 24.5 Å². The molecule has 160 valence electrons. The van der Waals surface area contributed by atoms with E-state index in [9.17, 15) is 18.0 Å². The largest absolute Gasteiger partial charge is 0.475 e. The Balaban J connectivity index is 1.45. The van der Waals surface area contributed by atoms with Gasteiger partial charge in [-0.1, -0.05) is 18.3 Å². The number of thiazole rings is 1. The molecule has 3 rings (SSSR count). The summed E-state index contributed by atoms with van der Waals surface area (Å²) in [4.78, 5) is 19.5. The number of halogens is 3. The first-order chi connectivity index (χ1) is 13.8. The van der Waals surface area contributed by atoms with Gasteiger partial charge in [0.1, 0.15) is 11.3 Å². The summed E-state index contributed by atoms with van der Waals surface area (Å²) in [6.07, 6.45) is -0.349. The lowest BCUT2D eigenvalue weighted by Crippen LogP contribution is -2.36. The molecule has 1 atom stereocenters. The van der Waals surface area contributed by atoms with E-state index < -0.39 is 18.8 Å². The van der Waals surface area contributed by atoms with Crippen molar-refractivity contribution in [2.75, 3.05) is 19.8 Å². The van der Waals surface area contributed by atoms with Crippen molar-refractivity contribution in [1.29, 1.82) is 0 Å². The first-order valence-corrected chi connectivity index (χ1v) is 10.2. The summed E-state index contributed by atoms with van der Waals surface area (Å²) < 4.78 is 54.7. The lowest BCUT2D eigenvalue weighted by Gasteiger charge is -2.35. The average molecular weight is 432 g/mol. The van der Waals surface area contributed by atoms with Gasteiger partial charge in [-0.2, -0.15) is 4.98 Å². The van der Waals surface area contributed by atoms with Gasteiger partial charge in [0.25, 0.3) is 17.5 Å². The van der Waals surface area contributed by atoms with Crippen LogP contribution in [0.5, 0.6) is 11.1 Å². The minimum Gasteiger partial charge on any atom is -0.475 e. The van der Waals surface area contributed by atoms with Crippen LogP contribution in [0.2, 0.25) is 0 Å². The number of ether oxygens (including phenoxy) is 3. The second kappa shape index (κ2) is 9.71. The van der Waals surface area contributed by atoms with Crippen molar-refractivity contribution < 1.29 is 32.2 Å². The van der Waals surface area contributed by atoms with Gasteiger partial charge >= 0.3 is 0 Å². The molecule has 0 bridgehead atoms. The van der Waals surface area contributed by atoms with Crippen LogP contribution in [0.3, 0.4) is 0 Å². The maximum Gasteiger partial charge on any atom is 0.276 e. The van der Waals surface area contributed by atoms with Crippen LogP contribution >= 0.6 is 11.3 Å². The van der Waals surface area contributed by atoms with Gasteiger partial charge in [0.2, 0.25) is 0 Å². The number of carbonyl (C=O) groups excluding carboxylic acids is 1. The van der Waals surface area contributed by atoms with E-state index in [-0.39, 0.29) is 40.3 Å². The van der Waals surface area contributed by atoms with E-state index in [4.69, 9.17) is 14.2 Å². The first-order valence-electron chi connectivity index (χ1n) is 9.42. The third kappa shape index (κ3) is 6.27. The molecule has 0 unspecified atom stereocenters. The number of Topliss-reactive ketones (excluding diaryl/α,β-unsaturated/α-hetero) is 1. The summed E-state index contributed by atoms with van der Waals surface area (Å²) >= 11 is 0.961. The minimum atomic E-state index is -2.61. The van der Waals surface area contributed by atoms with Gasteiger partial charge in [0.05, 0.1) is 12.7 Å². The number of fused-ring (bicyclic) bond motifs is 1. The van der Waals surface area contributed by atoms with Crippen LogP contribution in [0.15, 0.2) is 6.07 Å². The van der Waals surface area contributed by atoms with Gasteiger partial charge in [0.15, 0.2) is 17.3 Å². The lowest BCUT2D eigenvalue weighted by atomic mass is 9.83. The van der Waals surface area contributed by atoms with E-state index in [1.807, 2.05) is 6.92 Å². The van der Waals surface area contributed by atoms with Crippen LogP contribution in [0.25, 0.3) is 10.3 Å². The predicted molar refractivity (Wildman–Crippen MR) is 101 cm³/mol. The van der Waals surface area contributed by atoms with Gasteiger partial charge in [0, 0.05) is 19.1 Å². The Kier molecular flexibility index (Phi) is 7.28. The molecule has 0 N–H and O–H groups in total. The molecule has 1 saturated carbocycles. The van der Waals surface area contributed by atoms with E-state index in [0.717, 1.165) is 30.2 Å². The van der Waals surface area contributed by atoms with E-state index >= 15 is 0 Å². The van der Waals surface area contributed by atoms with E-state index in [1.165, 1.54) is 0 Å². The molecule has 2 aromatic rings. The summed E-state index contributed by atoms with van der Waals surface area (Å²) in [5.41, 5.74) is 0.237. The Morgan fingerprint density at radius 3 is 2.72 bits per heavy atom. The van der Waals surface area contributed by atoms with Gasteiger partial charge in [-0.25, -0.2) is 18.2 Å². The zero-order valence-electron chi connectivity index (χ0n) is 16.2. The molecule has 0 saturated heterocycles. The molecule has 0 spiro atoms. The summed E-state index contributed by atoms with van der Waals surface area (Å²) in [7, 11) is 0. The van der Waals surface area contributed by atoms with Crippen LogP contribution in [-0.2, 0) is 9.53 Å². The quantitative estimate of drug-likeness (QED) is 0.528. The molecule has 0 aliphatic heterocycles. The van der Waals surface area contributed by atoms with Crippen LogP contribution in [0.4, 0.5) is 13.2 Å². The van der Waals surface area contributed by atoms with E-state index in [2.05, 4.69) is 9.97 Å². The van der Waals surface area contributed by atoms with Crippen molar-refractivity contribution in [3.05, 3.63) is 11.9 Å². The average Bonchev–Trinajstić information content (AvgIpc) is 2.99. The highest BCUT2D eigenvalue weighted by atomic mass is 32.1. The number of aromatic nitrogens is 2. The van der Waals surface area contributed by atoms with Crippen molar-refractivity contribution in [3.63, 3.8) is 0 Å². The van der Waals surface area contributed by atoms with Gasteiger partial charge in [-0.3, -0.25) is 0 Å². The molecule has 6 nitrogen and oxygen atoms in total. The Morgan fingerprint density at radius 1 is 1.28 bits per heavy atom. The molecular formula is C19H23F3N2O4S. The molecule has 1 aliphatic carbocycles.